The topological polar surface area (TPSA) is 60.2 Å². The fourth-order valence-corrected chi connectivity index (χ4v) is 2.62. The van der Waals surface area contributed by atoms with Gasteiger partial charge in [-0.2, -0.15) is 0 Å². The van der Waals surface area contributed by atoms with Gasteiger partial charge in [0.1, 0.15) is 5.75 Å². The number of hydrogen-bond acceptors (Lipinski definition) is 4. The second-order valence-corrected chi connectivity index (χ2v) is 5.17. The molecule has 0 bridgehead atoms. The van der Waals surface area contributed by atoms with Crippen molar-refractivity contribution in [3.05, 3.63) is 58.9 Å². The third-order valence-corrected chi connectivity index (χ3v) is 3.76. The van der Waals surface area contributed by atoms with E-state index in [2.05, 4.69) is 36.4 Å². The Morgan fingerprint density at radius 1 is 1.29 bits per heavy atom. The summed E-state index contributed by atoms with van der Waals surface area (Å²) in [5.41, 5.74) is 7.70. The fraction of sp³-hybridized carbons (Fsp3) is 0.353. The van der Waals surface area contributed by atoms with Crippen LogP contribution < -0.4 is 16.0 Å². The van der Waals surface area contributed by atoms with Gasteiger partial charge < -0.3 is 4.74 Å². The van der Waals surface area contributed by atoms with Crippen molar-refractivity contribution >= 4 is 0 Å². The first-order valence-electron chi connectivity index (χ1n) is 7.22. The number of methoxy groups -OCH3 is 1. The Kier molecular flexibility index (Phi) is 5.31. The highest BCUT2D eigenvalue weighted by atomic mass is 16.5. The Bertz CT molecular complexity index is 598. The van der Waals surface area contributed by atoms with E-state index in [1.807, 2.05) is 24.5 Å². The van der Waals surface area contributed by atoms with E-state index in [4.69, 9.17) is 10.6 Å². The lowest BCUT2D eigenvalue weighted by molar-refractivity contribution is 0.405. The molecule has 21 heavy (non-hydrogen) atoms. The predicted octanol–water partition coefficient (Wildman–Crippen LogP) is 2.71. The summed E-state index contributed by atoms with van der Waals surface area (Å²) in [6.07, 6.45) is 5.43. The minimum atomic E-state index is 0.0404. The van der Waals surface area contributed by atoms with E-state index in [0.29, 0.717) is 0 Å². The maximum atomic E-state index is 5.79. The first-order valence-corrected chi connectivity index (χ1v) is 7.22. The van der Waals surface area contributed by atoms with Crippen LogP contribution in [0.4, 0.5) is 0 Å². The average molecular weight is 285 g/mol. The van der Waals surface area contributed by atoms with Crippen LogP contribution in [0.1, 0.15) is 35.2 Å². The van der Waals surface area contributed by atoms with Crippen LogP contribution in [0.3, 0.4) is 0 Å². The number of rotatable bonds is 6. The van der Waals surface area contributed by atoms with Crippen LogP contribution in [0.25, 0.3) is 0 Å². The molecule has 0 saturated heterocycles. The van der Waals surface area contributed by atoms with Gasteiger partial charge in [-0.3, -0.25) is 16.3 Å². The Morgan fingerprint density at radius 2 is 2.10 bits per heavy atom. The smallest absolute Gasteiger partial charge is 0.122 e. The van der Waals surface area contributed by atoms with Crippen LogP contribution in [0.5, 0.6) is 5.75 Å². The van der Waals surface area contributed by atoms with Crippen molar-refractivity contribution in [2.75, 3.05) is 7.11 Å². The molecule has 2 aromatic rings. The number of hydrogen-bond donors (Lipinski definition) is 2. The van der Waals surface area contributed by atoms with E-state index in [0.717, 1.165) is 24.2 Å². The number of ether oxygens (including phenoxy) is 1. The zero-order valence-corrected chi connectivity index (χ0v) is 12.9. The van der Waals surface area contributed by atoms with Crippen molar-refractivity contribution < 1.29 is 4.74 Å². The van der Waals surface area contributed by atoms with Gasteiger partial charge in [-0.05, 0) is 48.6 Å². The molecule has 1 atom stereocenters. The zero-order chi connectivity index (χ0) is 15.2. The van der Waals surface area contributed by atoms with E-state index >= 15 is 0 Å². The Morgan fingerprint density at radius 3 is 2.76 bits per heavy atom. The third-order valence-electron chi connectivity index (χ3n) is 3.76. The summed E-state index contributed by atoms with van der Waals surface area (Å²) in [6.45, 7) is 4.21. The lowest BCUT2D eigenvalue weighted by Gasteiger charge is -2.20. The van der Waals surface area contributed by atoms with E-state index in [9.17, 15) is 0 Å². The van der Waals surface area contributed by atoms with Crippen LogP contribution in [0, 0.1) is 6.92 Å². The molecule has 1 aromatic carbocycles. The van der Waals surface area contributed by atoms with Crippen molar-refractivity contribution in [3.63, 3.8) is 0 Å². The van der Waals surface area contributed by atoms with Crippen molar-refractivity contribution in [1.29, 1.82) is 0 Å². The molecule has 4 nitrogen and oxygen atoms in total. The average Bonchev–Trinajstić information content (AvgIpc) is 2.52. The van der Waals surface area contributed by atoms with E-state index in [-0.39, 0.29) is 6.04 Å². The van der Waals surface area contributed by atoms with Gasteiger partial charge in [0.05, 0.1) is 13.2 Å². The zero-order valence-electron chi connectivity index (χ0n) is 12.9. The molecule has 3 N–H and O–H groups in total. The van der Waals surface area contributed by atoms with Crippen molar-refractivity contribution in [3.8, 4) is 5.75 Å². The summed E-state index contributed by atoms with van der Waals surface area (Å²) in [5, 5.41) is 0. The molecule has 0 aliphatic carbocycles. The number of hydrazine groups is 1. The van der Waals surface area contributed by atoms with Gasteiger partial charge in [-0.15, -0.1) is 0 Å². The molecule has 0 amide bonds. The molecule has 0 saturated carbocycles. The summed E-state index contributed by atoms with van der Waals surface area (Å²) in [5.74, 6) is 6.69. The SMILES string of the molecule is CCc1cnccc1C(Cc1cc(C)ccc1OC)NN. The molecule has 1 heterocycles. The van der Waals surface area contributed by atoms with Crippen molar-refractivity contribution in [2.24, 2.45) is 5.84 Å². The highest BCUT2D eigenvalue weighted by Crippen LogP contribution is 2.27. The van der Waals surface area contributed by atoms with Gasteiger partial charge in [-0.1, -0.05) is 24.6 Å². The first-order chi connectivity index (χ1) is 10.2. The second kappa shape index (κ2) is 7.20. The lowest BCUT2D eigenvalue weighted by atomic mass is 9.94. The molecular formula is C17H23N3O. The molecule has 2 rings (SSSR count). The van der Waals surface area contributed by atoms with Gasteiger partial charge in [0.15, 0.2) is 0 Å². The van der Waals surface area contributed by atoms with E-state index in [1.165, 1.54) is 16.7 Å². The number of pyridine rings is 1. The molecule has 0 aliphatic heterocycles. The molecule has 4 heteroatoms. The normalized spacial score (nSPS) is 12.2. The molecule has 0 spiro atoms. The largest absolute Gasteiger partial charge is 0.496 e. The quantitative estimate of drug-likeness (QED) is 0.633. The summed E-state index contributed by atoms with van der Waals surface area (Å²) < 4.78 is 5.46. The molecule has 0 radical (unpaired) electrons. The maximum Gasteiger partial charge on any atom is 0.122 e. The molecule has 1 unspecified atom stereocenters. The van der Waals surface area contributed by atoms with Crippen molar-refractivity contribution in [2.45, 2.75) is 32.7 Å². The number of nitrogens with two attached hydrogens (primary N) is 1. The van der Waals surface area contributed by atoms with Crippen LogP contribution in [0.15, 0.2) is 36.7 Å². The molecule has 112 valence electrons. The Balaban J connectivity index is 2.33. The second-order valence-electron chi connectivity index (χ2n) is 5.17. The minimum absolute atomic E-state index is 0.0404. The van der Waals surface area contributed by atoms with Gasteiger partial charge in [-0.25, -0.2) is 0 Å². The molecule has 0 fully saturated rings. The standard InChI is InChI=1S/C17H23N3O/c1-4-13-11-19-8-7-15(13)16(20-18)10-14-9-12(2)5-6-17(14)21-3/h5-9,11,16,20H,4,10,18H2,1-3H3. The van der Waals surface area contributed by atoms with Gasteiger partial charge in [0.2, 0.25) is 0 Å². The van der Waals surface area contributed by atoms with Crippen molar-refractivity contribution in [1.82, 2.24) is 10.4 Å². The Hall–Kier alpha value is -1.91. The van der Waals surface area contributed by atoms with Crippen LogP contribution in [-0.2, 0) is 12.8 Å². The number of nitrogens with zero attached hydrogens (tertiary/aromatic N) is 1. The monoisotopic (exact) mass is 285 g/mol. The van der Waals surface area contributed by atoms with E-state index in [1.54, 1.807) is 7.11 Å². The van der Waals surface area contributed by atoms with Crippen LogP contribution in [0.2, 0.25) is 0 Å². The lowest BCUT2D eigenvalue weighted by Crippen LogP contribution is -2.30. The molecule has 1 aromatic heterocycles. The summed E-state index contributed by atoms with van der Waals surface area (Å²) in [7, 11) is 1.70. The Labute approximate surface area is 126 Å². The maximum absolute atomic E-state index is 5.79. The molecule has 0 aliphatic rings. The number of aryl methyl sites for hydroxylation is 2. The van der Waals surface area contributed by atoms with Crippen LogP contribution >= 0.6 is 0 Å². The fourth-order valence-electron chi connectivity index (χ4n) is 2.62. The minimum Gasteiger partial charge on any atom is -0.496 e. The van der Waals surface area contributed by atoms with Crippen LogP contribution in [-0.4, -0.2) is 12.1 Å². The highest BCUT2D eigenvalue weighted by Gasteiger charge is 2.16. The van der Waals surface area contributed by atoms with Gasteiger partial charge in [0, 0.05) is 12.4 Å². The summed E-state index contributed by atoms with van der Waals surface area (Å²) >= 11 is 0. The predicted molar refractivity (Wildman–Crippen MR) is 85.1 cm³/mol. The summed E-state index contributed by atoms with van der Waals surface area (Å²) in [6, 6.07) is 8.28. The third kappa shape index (κ3) is 3.60. The summed E-state index contributed by atoms with van der Waals surface area (Å²) in [4.78, 5) is 4.19. The van der Waals surface area contributed by atoms with E-state index < -0.39 is 0 Å². The van der Waals surface area contributed by atoms with Gasteiger partial charge in [0.25, 0.3) is 0 Å². The van der Waals surface area contributed by atoms with Gasteiger partial charge >= 0.3 is 0 Å². The number of aromatic nitrogens is 1. The number of nitrogens with one attached hydrogen (secondary N) is 1. The number of benzene rings is 1. The first kappa shape index (κ1) is 15.5. The highest BCUT2D eigenvalue weighted by molar-refractivity contribution is 5.39. The molecular weight excluding hydrogens is 262 g/mol.